The van der Waals surface area contributed by atoms with E-state index in [0.29, 0.717) is 25.1 Å². The lowest BCUT2D eigenvalue weighted by molar-refractivity contribution is -0.127. The van der Waals surface area contributed by atoms with E-state index in [9.17, 15) is 14.4 Å². The first-order valence-corrected chi connectivity index (χ1v) is 11.7. The highest BCUT2D eigenvalue weighted by molar-refractivity contribution is 14.1. The average molecular weight is 580 g/mol. The second-order valence-corrected chi connectivity index (χ2v) is 8.68. The van der Waals surface area contributed by atoms with Gasteiger partial charge in [-0.2, -0.15) is 0 Å². The van der Waals surface area contributed by atoms with Crippen molar-refractivity contribution < 1.29 is 19.1 Å². The normalized spacial score (nSPS) is 12.1. The second-order valence-electron chi connectivity index (χ2n) is 7.43. The summed E-state index contributed by atoms with van der Waals surface area (Å²) in [4.78, 5) is 41.5. The van der Waals surface area contributed by atoms with Crippen molar-refractivity contribution in [2.24, 2.45) is 16.5 Å². The van der Waals surface area contributed by atoms with E-state index in [2.05, 4.69) is 43.5 Å². The maximum atomic E-state index is 12.8. The van der Waals surface area contributed by atoms with E-state index in [0.717, 1.165) is 9.13 Å². The number of nitrogens with two attached hydrogens (primary N) is 2. The maximum absolute atomic E-state index is 12.8. The molecule has 0 spiro atoms. The van der Waals surface area contributed by atoms with Crippen molar-refractivity contribution in [1.82, 2.24) is 10.6 Å². The number of nitrogens with one attached hydrogen (secondary N) is 3. The molecule has 0 unspecified atom stereocenters. The molecule has 0 heterocycles. The van der Waals surface area contributed by atoms with Gasteiger partial charge in [-0.1, -0.05) is 30.3 Å². The zero-order valence-corrected chi connectivity index (χ0v) is 20.9. The lowest BCUT2D eigenvalue weighted by Gasteiger charge is -2.21. The zero-order valence-electron chi connectivity index (χ0n) is 18.8. The van der Waals surface area contributed by atoms with Crippen LogP contribution < -0.4 is 27.4 Å². The van der Waals surface area contributed by atoms with Gasteiger partial charge in [0.25, 0.3) is 0 Å². The Morgan fingerprint density at radius 1 is 1.00 bits per heavy atom. The molecule has 0 aliphatic rings. The number of aliphatic imine (C=N–C) groups is 1. The standard InChI is InChI=1S/C23H29IN6O4/c1-15(28-23(33)34-14-16-6-3-2-4-7-16)20(31)30-19(8-5-13-27-22(25)26)21(32)29-18-11-9-17(24)10-12-18/h2-4,6-7,9-12,15,19H,5,8,13-14H2,1H3,(H,28,33)(H,29,32)(H,30,31)(H4,25,26,27)/t15-,19-/m0/s1. The Balaban J connectivity index is 1.93. The number of anilines is 1. The van der Waals surface area contributed by atoms with Gasteiger partial charge in [-0.15, -0.1) is 0 Å². The number of rotatable bonds is 11. The first kappa shape index (κ1) is 26.9. The Labute approximate surface area is 212 Å². The number of carbonyl (C=O) groups is 3. The van der Waals surface area contributed by atoms with Crippen LogP contribution in [0.15, 0.2) is 59.6 Å². The number of nitrogens with zero attached hydrogens (tertiary/aromatic N) is 1. The van der Waals surface area contributed by atoms with Crippen LogP contribution in [0.1, 0.15) is 25.3 Å². The fourth-order valence-electron chi connectivity index (χ4n) is 2.84. The number of hydrogen-bond donors (Lipinski definition) is 5. The van der Waals surface area contributed by atoms with Crippen molar-refractivity contribution in [3.8, 4) is 0 Å². The molecule has 3 amide bonds. The fourth-order valence-corrected chi connectivity index (χ4v) is 3.20. The van der Waals surface area contributed by atoms with Gasteiger partial charge in [0, 0.05) is 15.8 Å². The number of carbonyl (C=O) groups excluding carboxylic acids is 3. The number of alkyl carbamates (subject to hydrolysis) is 1. The number of amides is 3. The molecule has 2 atom stereocenters. The second kappa shape index (κ2) is 14.0. The van der Waals surface area contributed by atoms with Gasteiger partial charge in [0.1, 0.15) is 18.7 Å². The minimum Gasteiger partial charge on any atom is -0.445 e. The Bertz CT molecular complexity index is 981. The Kier molecular flexibility index (Phi) is 11.1. The van der Waals surface area contributed by atoms with Crippen molar-refractivity contribution in [3.05, 3.63) is 63.7 Å². The topological polar surface area (TPSA) is 161 Å². The van der Waals surface area contributed by atoms with Crippen LogP contribution in [0, 0.1) is 3.57 Å². The molecule has 0 saturated carbocycles. The summed E-state index contributed by atoms with van der Waals surface area (Å²) in [6, 6.07) is 14.6. The Morgan fingerprint density at radius 2 is 1.68 bits per heavy atom. The molecule has 2 rings (SSSR count). The van der Waals surface area contributed by atoms with Crippen LogP contribution in [0.4, 0.5) is 10.5 Å². The van der Waals surface area contributed by atoms with E-state index in [1.54, 1.807) is 12.1 Å². The van der Waals surface area contributed by atoms with Crippen LogP contribution in [0.2, 0.25) is 0 Å². The quantitative estimate of drug-likeness (QED) is 0.118. The van der Waals surface area contributed by atoms with Crippen molar-refractivity contribution in [3.63, 3.8) is 0 Å². The molecule has 0 saturated heterocycles. The number of ether oxygens (including phenoxy) is 1. The third-order valence-electron chi connectivity index (χ3n) is 4.63. The Morgan fingerprint density at radius 3 is 2.32 bits per heavy atom. The highest BCUT2D eigenvalue weighted by Gasteiger charge is 2.24. The third kappa shape index (κ3) is 10.1. The predicted molar refractivity (Wildman–Crippen MR) is 139 cm³/mol. The van der Waals surface area contributed by atoms with E-state index < -0.39 is 30.0 Å². The van der Waals surface area contributed by atoms with Crippen molar-refractivity contribution in [2.45, 2.75) is 38.5 Å². The van der Waals surface area contributed by atoms with Crippen LogP contribution >= 0.6 is 22.6 Å². The lowest BCUT2D eigenvalue weighted by atomic mass is 10.1. The molecule has 34 heavy (non-hydrogen) atoms. The lowest BCUT2D eigenvalue weighted by Crippen LogP contribution is -2.51. The fraction of sp³-hybridized carbons (Fsp3) is 0.304. The monoisotopic (exact) mass is 580 g/mol. The van der Waals surface area contributed by atoms with Gasteiger partial charge in [0.15, 0.2) is 5.96 Å². The third-order valence-corrected chi connectivity index (χ3v) is 5.35. The predicted octanol–water partition coefficient (Wildman–Crippen LogP) is 2.08. The van der Waals surface area contributed by atoms with Crippen LogP contribution in [0.25, 0.3) is 0 Å². The molecule has 10 nitrogen and oxygen atoms in total. The summed E-state index contributed by atoms with van der Waals surface area (Å²) in [5.41, 5.74) is 12.1. The average Bonchev–Trinajstić information content (AvgIpc) is 2.81. The molecule has 2 aromatic rings. The molecule has 0 bridgehead atoms. The molecule has 0 fully saturated rings. The van der Waals surface area contributed by atoms with Gasteiger partial charge >= 0.3 is 6.09 Å². The number of benzene rings is 2. The first-order chi connectivity index (χ1) is 16.2. The number of guanidine groups is 1. The van der Waals surface area contributed by atoms with Crippen LogP contribution in [0.5, 0.6) is 0 Å². The SMILES string of the molecule is C[C@H](NC(=O)OCc1ccccc1)C(=O)N[C@@H](CCCN=C(N)N)C(=O)Nc1ccc(I)cc1. The molecule has 0 radical (unpaired) electrons. The summed E-state index contributed by atoms with van der Waals surface area (Å²) in [7, 11) is 0. The molecule has 0 aliphatic heterocycles. The van der Waals surface area contributed by atoms with Gasteiger partial charge in [-0.3, -0.25) is 14.6 Å². The molecule has 11 heteroatoms. The van der Waals surface area contributed by atoms with Crippen LogP contribution in [-0.2, 0) is 20.9 Å². The smallest absolute Gasteiger partial charge is 0.408 e. The molecule has 7 N–H and O–H groups in total. The molecule has 182 valence electrons. The summed E-state index contributed by atoms with van der Waals surface area (Å²) >= 11 is 2.17. The molecule has 2 aromatic carbocycles. The van der Waals surface area contributed by atoms with Gasteiger partial charge in [-0.25, -0.2) is 4.79 Å². The van der Waals surface area contributed by atoms with E-state index in [1.807, 2.05) is 42.5 Å². The largest absolute Gasteiger partial charge is 0.445 e. The minimum absolute atomic E-state index is 0.0456. The van der Waals surface area contributed by atoms with E-state index >= 15 is 0 Å². The van der Waals surface area contributed by atoms with Gasteiger partial charge in [0.2, 0.25) is 11.8 Å². The number of hydrogen-bond acceptors (Lipinski definition) is 5. The highest BCUT2D eigenvalue weighted by atomic mass is 127. The summed E-state index contributed by atoms with van der Waals surface area (Å²) < 4.78 is 6.17. The number of halogens is 1. The molecule has 0 aliphatic carbocycles. The Hall–Kier alpha value is -3.35. The van der Waals surface area contributed by atoms with Gasteiger partial charge < -0.3 is 32.2 Å². The molecular weight excluding hydrogens is 551 g/mol. The van der Waals surface area contributed by atoms with Crippen molar-refractivity contribution >= 4 is 52.1 Å². The molecular formula is C23H29IN6O4. The minimum atomic E-state index is -0.922. The van der Waals surface area contributed by atoms with Crippen LogP contribution in [0.3, 0.4) is 0 Å². The summed E-state index contributed by atoms with van der Waals surface area (Å²) in [6.07, 6.45) is 0.0208. The summed E-state index contributed by atoms with van der Waals surface area (Å²) in [5.74, 6) is -0.963. The van der Waals surface area contributed by atoms with Crippen molar-refractivity contribution in [2.75, 3.05) is 11.9 Å². The van der Waals surface area contributed by atoms with Gasteiger partial charge in [0.05, 0.1) is 0 Å². The summed E-state index contributed by atoms with van der Waals surface area (Å²) in [5, 5.41) is 7.94. The van der Waals surface area contributed by atoms with Crippen molar-refractivity contribution in [1.29, 1.82) is 0 Å². The summed E-state index contributed by atoms with van der Waals surface area (Å²) in [6.45, 7) is 1.89. The van der Waals surface area contributed by atoms with E-state index in [-0.39, 0.29) is 12.6 Å². The molecule has 0 aromatic heterocycles. The van der Waals surface area contributed by atoms with E-state index in [4.69, 9.17) is 16.2 Å². The highest BCUT2D eigenvalue weighted by Crippen LogP contribution is 2.12. The van der Waals surface area contributed by atoms with E-state index in [1.165, 1.54) is 6.92 Å². The first-order valence-electron chi connectivity index (χ1n) is 10.6. The zero-order chi connectivity index (χ0) is 24.9. The maximum Gasteiger partial charge on any atom is 0.408 e. The van der Waals surface area contributed by atoms with Gasteiger partial charge in [-0.05, 0) is 72.2 Å². The van der Waals surface area contributed by atoms with Crippen LogP contribution in [-0.4, -0.2) is 42.5 Å².